The summed E-state index contributed by atoms with van der Waals surface area (Å²) >= 11 is 1.21. The average Bonchev–Trinajstić information content (AvgIpc) is 2.99. The number of fused-ring (bicyclic) bond motifs is 1. The van der Waals surface area contributed by atoms with Crippen LogP contribution in [0.25, 0.3) is 21.5 Å². The van der Waals surface area contributed by atoms with Gasteiger partial charge in [-0.2, -0.15) is 0 Å². The molecule has 6 nitrogen and oxygen atoms in total. The van der Waals surface area contributed by atoms with E-state index in [0.717, 1.165) is 36.9 Å². The van der Waals surface area contributed by atoms with E-state index in [9.17, 15) is 9.90 Å². The second-order valence-electron chi connectivity index (χ2n) is 6.55. The number of phenolic OH excluding ortho intramolecular Hbond substituents is 1. The lowest BCUT2D eigenvalue weighted by molar-refractivity contribution is 0.100. The minimum Gasteiger partial charge on any atom is -0.507 e. The van der Waals surface area contributed by atoms with E-state index in [1.54, 1.807) is 12.1 Å². The normalized spacial score (nSPS) is 17.5. The number of phenols is 1. The summed E-state index contributed by atoms with van der Waals surface area (Å²) in [7, 11) is 0. The fourth-order valence-corrected chi connectivity index (χ4v) is 4.58. The van der Waals surface area contributed by atoms with Crippen LogP contribution >= 0.6 is 11.3 Å². The van der Waals surface area contributed by atoms with Crippen molar-refractivity contribution in [2.24, 2.45) is 5.73 Å². The standard InChI is InChI=1S/C19H20N4O2S/c20-16-15-12(10-4-3-7-22-9-10)8-13(11-5-1-2-6-14(11)24)23-19(15)26-17(16)18(21)25/h1-2,5-6,8,10,22,24H,3-4,7,9,20H2,(H2,21,25). The lowest BCUT2D eigenvalue weighted by Crippen LogP contribution is -2.28. The molecule has 1 fully saturated rings. The summed E-state index contributed by atoms with van der Waals surface area (Å²) in [5.41, 5.74) is 14.6. The molecule has 1 aliphatic heterocycles. The van der Waals surface area contributed by atoms with Gasteiger partial charge in [-0.3, -0.25) is 4.79 Å². The summed E-state index contributed by atoms with van der Waals surface area (Å²) in [6.45, 7) is 1.85. The lowest BCUT2D eigenvalue weighted by Gasteiger charge is -2.24. The maximum Gasteiger partial charge on any atom is 0.260 e. The molecule has 1 atom stereocenters. The average molecular weight is 368 g/mol. The smallest absolute Gasteiger partial charge is 0.260 e. The number of thiophene rings is 1. The number of amides is 1. The van der Waals surface area contributed by atoms with E-state index in [-0.39, 0.29) is 11.7 Å². The molecule has 0 bridgehead atoms. The van der Waals surface area contributed by atoms with Crippen LogP contribution in [0.15, 0.2) is 30.3 Å². The van der Waals surface area contributed by atoms with E-state index in [4.69, 9.17) is 11.5 Å². The van der Waals surface area contributed by atoms with E-state index in [1.165, 1.54) is 11.3 Å². The molecule has 4 rings (SSSR count). The number of aromatic hydroxyl groups is 1. The third-order valence-electron chi connectivity index (χ3n) is 4.87. The zero-order valence-electron chi connectivity index (χ0n) is 14.2. The molecule has 1 unspecified atom stereocenters. The van der Waals surface area contributed by atoms with Gasteiger partial charge in [0.25, 0.3) is 5.91 Å². The largest absolute Gasteiger partial charge is 0.507 e. The highest BCUT2D eigenvalue weighted by Crippen LogP contribution is 2.41. The number of hydrogen-bond donors (Lipinski definition) is 4. The van der Waals surface area contributed by atoms with Gasteiger partial charge in [-0.05, 0) is 49.1 Å². The molecule has 1 amide bonds. The molecular weight excluding hydrogens is 348 g/mol. The van der Waals surface area contributed by atoms with Crippen molar-refractivity contribution in [3.05, 3.63) is 40.8 Å². The number of para-hydroxylation sites is 1. The van der Waals surface area contributed by atoms with Crippen molar-refractivity contribution in [1.29, 1.82) is 0 Å². The minimum atomic E-state index is -0.540. The molecule has 0 aliphatic carbocycles. The van der Waals surface area contributed by atoms with Gasteiger partial charge in [-0.25, -0.2) is 4.98 Å². The first-order valence-corrected chi connectivity index (χ1v) is 9.39. The molecule has 1 saturated heterocycles. The second kappa shape index (κ2) is 6.59. The number of anilines is 1. The van der Waals surface area contributed by atoms with Gasteiger partial charge in [0.05, 0.1) is 11.4 Å². The van der Waals surface area contributed by atoms with Gasteiger partial charge in [0, 0.05) is 17.5 Å². The van der Waals surface area contributed by atoms with Gasteiger partial charge in [-0.15, -0.1) is 11.3 Å². The predicted octanol–water partition coefficient (Wildman–Crippen LogP) is 2.82. The van der Waals surface area contributed by atoms with Crippen molar-refractivity contribution >= 4 is 33.1 Å². The topological polar surface area (TPSA) is 114 Å². The number of carbonyl (C=O) groups is 1. The number of benzene rings is 1. The molecule has 0 spiro atoms. The number of nitrogens with zero attached hydrogens (tertiary/aromatic N) is 1. The van der Waals surface area contributed by atoms with Crippen LogP contribution < -0.4 is 16.8 Å². The Hall–Kier alpha value is -2.64. The van der Waals surface area contributed by atoms with Crippen molar-refractivity contribution in [3.63, 3.8) is 0 Å². The van der Waals surface area contributed by atoms with E-state index >= 15 is 0 Å². The van der Waals surface area contributed by atoms with Crippen LogP contribution in [0.2, 0.25) is 0 Å². The highest BCUT2D eigenvalue weighted by atomic mass is 32.1. The Morgan fingerprint density at radius 2 is 2.15 bits per heavy atom. The summed E-state index contributed by atoms with van der Waals surface area (Å²) in [5.74, 6) is -0.0921. The van der Waals surface area contributed by atoms with Crippen molar-refractivity contribution in [2.45, 2.75) is 18.8 Å². The maximum absolute atomic E-state index is 11.8. The molecule has 26 heavy (non-hydrogen) atoms. The Kier molecular flexibility index (Phi) is 4.26. The fourth-order valence-electron chi connectivity index (χ4n) is 3.60. The zero-order valence-corrected chi connectivity index (χ0v) is 15.0. The van der Waals surface area contributed by atoms with Crippen LogP contribution in [-0.4, -0.2) is 29.1 Å². The molecule has 1 aliphatic rings. The van der Waals surface area contributed by atoms with E-state index < -0.39 is 5.91 Å². The van der Waals surface area contributed by atoms with E-state index in [1.807, 2.05) is 18.2 Å². The predicted molar refractivity (Wildman–Crippen MR) is 104 cm³/mol. The number of nitrogens with one attached hydrogen (secondary N) is 1. The van der Waals surface area contributed by atoms with Gasteiger partial charge >= 0.3 is 0 Å². The second-order valence-corrected chi connectivity index (χ2v) is 7.55. The Morgan fingerprint density at radius 3 is 2.85 bits per heavy atom. The number of nitrogens with two attached hydrogens (primary N) is 2. The number of hydrogen-bond acceptors (Lipinski definition) is 6. The maximum atomic E-state index is 11.8. The van der Waals surface area contributed by atoms with Gasteiger partial charge < -0.3 is 21.9 Å². The highest BCUT2D eigenvalue weighted by molar-refractivity contribution is 7.21. The van der Waals surface area contributed by atoms with Crippen molar-refractivity contribution in [1.82, 2.24) is 10.3 Å². The highest BCUT2D eigenvalue weighted by Gasteiger charge is 2.25. The van der Waals surface area contributed by atoms with Crippen LogP contribution in [0.4, 0.5) is 5.69 Å². The molecule has 7 heteroatoms. The number of primary amides is 1. The van der Waals surface area contributed by atoms with Crippen molar-refractivity contribution in [2.75, 3.05) is 18.8 Å². The quantitative estimate of drug-likeness (QED) is 0.567. The number of piperidine rings is 1. The summed E-state index contributed by atoms with van der Waals surface area (Å²) in [6, 6.07) is 9.10. The number of pyridine rings is 1. The lowest BCUT2D eigenvalue weighted by atomic mass is 9.89. The Labute approximate surface area is 154 Å². The molecule has 6 N–H and O–H groups in total. The van der Waals surface area contributed by atoms with Crippen LogP contribution in [0.3, 0.4) is 0 Å². The molecule has 3 aromatic rings. The SMILES string of the molecule is NC(=O)c1sc2nc(-c3ccccc3O)cc(C3CCCNC3)c2c1N. The Bertz CT molecular complexity index is 993. The third-order valence-corrected chi connectivity index (χ3v) is 5.98. The van der Waals surface area contributed by atoms with Crippen LogP contribution in [0.5, 0.6) is 5.75 Å². The van der Waals surface area contributed by atoms with E-state index in [0.29, 0.717) is 26.7 Å². The first-order chi connectivity index (χ1) is 12.6. The molecule has 0 radical (unpaired) electrons. The Balaban J connectivity index is 1.98. The zero-order chi connectivity index (χ0) is 18.3. The number of rotatable bonds is 3. The van der Waals surface area contributed by atoms with Gasteiger partial charge in [-0.1, -0.05) is 12.1 Å². The Morgan fingerprint density at radius 1 is 1.35 bits per heavy atom. The molecule has 1 aromatic carbocycles. The third kappa shape index (κ3) is 2.79. The van der Waals surface area contributed by atoms with Crippen LogP contribution in [-0.2, 0) is 0 Å². The van der Waals surface area contributed by atoms with Crippen molar-refractivity contribution < 1.29 is 9.90 Å². The van der Waals surface area contributed by atoms with E-state index in [2.05, 4.69) is 10.3 Å². The fraction of sp³-hybridized carbons (Fsp3) is 0.263. The summed E-state index contributed by atoms with van der Waals surface area (Å²) in [6.07, 6.45) is 2.11. The number of nitrogen functional groups attached to an aromatic ring is 1. The number of carbonyl (C=O) groups excluding carboxylic acids is 1. The van der Waals surface area contributed by atoms with Gasteiger partial charge in [0.1, 0.15) is 15.5 Å². The van der Waals surface area contributed by atoms with Crippen molar-refractivity contribution in [3.8, 4) is 17.0 Å². The summed E-state index contributed by atoms with van der Waals surface area (Å²) in [4.78, 5) is 17.5. The van der Waals surface area contributed by atoms with Crippen LogP contribution in [0.1, 0.15) is 34.0 Å². The first-order valence-electron chi connectivity index (χ1n) is 8.58. The molecule has 134 valence electrons. The molecule has 2 aromatic heterocycles. The molecule has 0 saturated carbocycles. The van der Waals surface area contributed by atoms with Crippen LogP contribution in [0, 0.1) is 0 Å². The number of aromatic nitrogens is 1. The monoisotopic (exact) mass is 368 g/mol. The van der Waals surface area contributed by atoms with Gasteiger partial charge in [0.2, 0.25) is 0 Å². The van der Waals surface area contributed by atoms with Gasteiger partial charge in [0.15, 0.2) is 0 Å². The summed E-state index contributed by atoms with van der Waals surface area (Å²) in [5, 5.41) is 14.5. The summed E-state index contributed by atoms with van der Waals surface area (Å²) < 4.78 is 0. The molecule has 3 heterocycles. The first kappa shape index (κ1) is 16.8. The minimum absolute atomic E-state index is 0.173. The molecular formula is C19H20N4O2S.